The third kappa shape index (κ3) is 2.01. The van der Waals surface area contributed by atoms with E-state index in [2.05, 4.69) is 18.4 Å². The van der Waals surface area contributed by atoms with Gasteiger partial charge in [-0.1, -0.05) is 23.7 Å². The van der Waals surface area contributed by atoms with E-state index in [4.69, 9.17) is 17.3 Å². The molecule has 2 rings (SSSR count). The van der Waals surface area contributed by atoms with Gasteiger partial charge in [0.15, 0.2) is 0 Å². The molecular formula is C13H14ClNS. The number of hydrogen-bond acceptors (Lipinski definition) is 2. The Hall–Kier alpha value is -0.830. The lowest BCUT2D eigenvalue weighted by Crippen LogP contribution is -2.34. The first-order chi connectivity index (χ1) is 7.51. The second-order valence-electron chi connectivity index (χ2n) is 4.10. The van der Waals surface area contributed by atoms with E-state index in [0.29, 0.717) is 0 Å². The maximum absolute atomic E-state index is 6.42. The van der Waals surface area contributed by atoms with Crippen molar-refractivity contribution < 1.29 is 0 Å². The SMILES string of the molecule is Cc1sccc1C(C)(N)c1ccc(Cl)cc1. The molecule has 3 heteroatoms. The highest BCUT2D eigenvalue weighted by atomic mass is 35.5. The lowest BCUT2D eigenvalue weighted by atomic mass is 9.86. The molecule has 0 aliphatic carbocycles. The van der Waals surface area contributed by atoms with E-state index in [0.717, 1.165) is 10.6 Å². The molecule has 0 bridgehead atoms. The van der Waals surface area contributed by atoms with Crippen LogP contribution in [0.25, 0.3) is 0 Å². The zero-order chi connectivity index (χ0) is 11.8. The van der Waals surface area contributed by atoms with Gasteiger partial charge in [0.25, 0.3) is 0 Å². The molecular weight excluding hydrogens is 238 g/mol. The molecule has 0 amide bonds. The molecule has 1 heterocycles. The molecule has 0 radical (unpaired) electrons. The fraction of sp³-hybridized carbons (Fsp3) is 0.231. The number of nitrogens with two attached hydrogens (primary N) is 1. The highest BCUT2D eigenvalue weighted by Crippen LogP contribution is 2.32. The van der Waals surface area contributed by atoms with E-state index in [-0.39, 0.29) is 0 Å². The van der Waals surface area contributed by atoms with Gasteiger partial charge in [0, 0.05) is 9.90 Å². The van der Waals surface area contributed by atoms with Gasteiger partial charge in [-0.15, -0.1) is 11.3 Å². The summed E-state index contributed by atoms with van der Waals surface area (Å²) in [6.45, 7) is 4.13. The van der Waals surface area contributed by atoms with Crippen LogP contribution in [0.3, 0.4) is 0 Å². The highest BCUT2D eigenvalue weighted by molar-refractivity contribution is 7.10. The van der Waals surface area contributed by atoms with Crippen LogP contribution in [0.2, 0.25) is 5.02 Å². The summed E-state index contributed by atoms with van der Waals surface area (Å²) in [5, 5.41) is 2.81. The lowest BCUT2D eigenvalue weighted by molar-refractivity contribution is 0.602. The van der Waals surface area contributed by atoms with E-state index < -0.39 is 5.54 Å². The maximum Gasteiger partial charge on any atom is 0.0647 e. The van der Waals surface area contributed by atoms with Crippen molar-refractivity contribution in [3.8, 4) is 0 Å². The molecule has 2 aromatic rings. The van der Waals surface area contributed by atoms with Crippen molar-refractivity contribution in [3.63, 3.8) is 0 Å². The average Bonchev–Trinajstić information content (AvgIpc) is 2.66. The van der Waals surface area contributed by atoms with Crippen LogP contribution in [0.15, 0.2) is 35.7 Å². The molecule has 0 spiro atoms. The number of benzene rings is 1. The van der Waals surface area contributed by atoms with Crippen LogP contribution in [0.1, 0.15) is 22.9 Å². The van der Waals surface area contributed by atoms with Gasteiger partial charge in [0.05, 0.1) is 5.54 Å². The van der Waals surface area contributed by atoms with Gasteiger partial charge in [-0.2, -0.15) is 0 Å². The summed E-state index contributed by atoms with van der Waals surface area (Å²) in [4.78, 5) is 1.26. The Morgan fingerprint density at radius 3 is 2.31 bits per heavy atom. The molecule has 0 aliphatic rings. The summed E-state index contributed by atoms with van der Waals surface area (Å²) in [6.07, 6.45) is 0. The van der Waals surface area contributed by atoms with Crippen LogP contribution < -0.4 is 5.73 Å². The van der Waals surface area contributed by atoms with Crippen LogP contribution in [0.4, 0.5) is 0 Å². The monoisotopic (exact) mass is 251 g/mol. The smallest absolute Gasteiger partial charge is 0.0647 e. The second kappa shape index (κ2) is 4.21. The highest BCUT2D eigenvalue weighted by Gasteiger charge is 2.25. The fourth-order valence-electron chi connectivity index (χ4n) is 1.88. The molecule has 1 atom stereocenters. The van der Waals surface area contributed by atoms with Gasteiger partial charge < -0.3 is 5.73 Å². The summed E-state index contributed by atoms with van der Waals surface area (Å²) in [7, 11) is 0. The molecule has 2 N–H and O–H groups in total. The molecule has 16 heavy (non-hydrogen) atoms. The Bertz CT molecular complexity index is 485. The first-order valence-electron chi connectivity index (χ1n) is 5.11. The summed E-state index contributed by atoms with van der Waals surface area (Å²) < 4.78 is 0. The van der Waals surface area contributed by atoms with Gasteiger partial charge in [0.2, 0.25) is 0 Å². The molecule has 0 saturated carbocycles. The van der Waals surface area contributed by atoms with Crippen molar-refractivity contribution in [1.82, 2.24) is 0 Å². The van der Waals surface area contributed by atoms with Crippen molar-refractivity contribution in [3.05, 3.63) is 56.7 Å². The number of rotatable bonds is 2. The molecule has 1 aromatic carbocycles. The summed E-state index contributed by atoms with van der Waals surface area (Å²) in [5.74, 6) is 0. The molecule has 1 unspecified atom stereocenters. The minimum Gasteiger partial charge on any atom is -0.318 e. The zero-order valence-electron chi connectivity index (χ0n) is 9.33. The van der Waals surface area contributed by atoms with Crippen LogP contribution in [-0.2, 0) is 5.54 Å². The first kappa shape index (κ1) is 11.6. The van der Waals surface area contributed by atoms with Crippen LogP contribution in [-0.4, -0.2) is 0 Å². The van der Waals surface area contributed by atoms with Crippen molar-refractivity contribution in [2.45, 2.75) is 19.4 Å². The third-order valence-electron chi connectivity index (χ3n) is 2.86. The summed E-state index contributed by atoms with van der Waals surface area (Å²) in [5.41, 5.74) is 8.23. The van der Waals surface area contributed by atoms with Crippen molar-refractivity contribution in [1.29, 1.82) is 0 Å². The largest absolute Gasteiger partial charge is 0.318 e. The number of thiophene rings is 1. The van der Waals surface area contributed by atoms with E-state index in [9.17, 15) is 0 Å². The minimum atomic E-state index is -0.450. The maximum atomic E-state index is 6.42. The molecule has 1 aromatic heterocycles. The Kier molecular flexibility index (Phi) is 3.06. The summed E-state index contributed by atoms with van der Waals surface area (Å²) >= 11 is 7.60. The predicted octanol–water partition coefficient (Wildman–Crippen LogP) is 3.93. The Morgan fingerprint density at radius 2 is 1.81 bits per heavy atom. The van der Waals surface area contributed by atoms with Gasteiger partial charge >= 0.3 is 0 Å². The summed E-state index contributed by atoms with van der Waals surface area (Å²) in [6, 6.07) is 9.82. The van der Waals surface area contributed by atoms with Crippen LogP contribution in [0.5, 0.6) is 0 Å². The molecule has 0 aliphatic heterocycles. The van der Waals surface area contributed by atoms with Crippen LogP contribution >= 0.6 is 22.9 Å². The van der Waals surface area contributed by atoms with Crippen molar-refractivity contribution in [2.75, 3.05) is 0 Å². The van der Waals surface area contributed by atoms with E-state index in [1.807, 2.05) is 31.2 Å². The predicted molar refractivity (Wildman–Crippen MR) is 71.1 cm³/mol. The van der Waals surface area contributed by atoms with Gasteiger partial charge in [0.1, 0.15) is 0 Å². The molecule has 84 valence electrons. The first-order valence-corrected chi connectivity index (χ1v) is 6.37. The van der Waals surface area contributed by atoms with Crippen LogP contribution in [0, 0.1) is 6.92 Å². The number of hydrogen-bond donors (Lipinski definition) is 1. The zero-order valence-corrected chi connectivity index (χ0v) is 10.9. The standard InChI is InChI=1S/C13H14ClNS/c1-9-12(7-8-16-9)13(2,15)10-3-5-11(14)6-4-10/h3-8H,15H2,1-2H3. The van der Waals surface area contributed by atoms with Gasteiger partial charge in [-0.3, -0.25) is 0 Å². The quantitative estimate of drug-likeness (QED) is 0.860. The fourth-order valence-corrected chi connectivity index (χ4v) is 2.82. The average molecular weight is 252 g/mol. The Morgan fingerprint density at radius 1 is 1.19 bits per heavy atom. The van der Waals surface area contributed by atoms with Crippen molar-refractivity contribution >= 4 is 22.9 Å². The van der Waals surface area contributed by atoms with Gasteiger partial charge in [-0.05, 0) is 48.6 Å². The second-order valence-corrected chi connectivity index (χ2v) is 5.66. The molecule has 0 fully saturated rings. The Balaban J connectivity index is 2.46. The lowest BCUT2D eigenvalue weighted by Gasteiger charge is -2.25. The normalized spacial score (nSPS) is 14.8. The van der Waals surface area contributed by atoms with E-state index in [1.54, 1.807) is 11.3 Å². The van der Waals surface area contributed by atoms with Gasteiger partial charge in [-0.25, -0.2) is 0 Å². The topological polar surface area (TPSA) is 26.0 Å². The number of aryl methyl sites for hydroxylation is 1. The number of halogens is 1. The minimum absolute atomic E-state index is 0.450. The van der Waals surface area contributed by atoms with Crippen molar-refractivity contribution in [2.24, 2.45) is 5.73 Å². The van der Waals surface area contributed by atoms with E-state index >= 15 is 0 Å². The van der Waals surface area contributed by atoms with E-state index in [1.165, 1.54) is 10.4 Å². The Labute approximate surface area is 105 Å². The third-order valence-corrected chi connectivity index (χ3v) is 3.96. The molecule has 1 nitrogen and oxygen atoms in total. The molecule has 0 saturated heterocycles.